The molecular weight excluding hydrogens is 352 g/mol. The molecule has 150 valence electrons. The Morgan fingerprint density at radius 3 is 1.76 bits per heavy atom. The minimum Gasteiger partial charge on any atom is -0.398 e. The largest absolute Gasteiger partial charge is 0.528 e. The average Bonchev–Trinajstić information content (AvgIpc) is 2.66. The first-order valence-corrected chi connectivity index (χ1v) is 13.3. The van der Waals surface area contributed by atoms with Gasteiger partial charge in [-0.15, -0.1) is 6.58 Å². The number of unbranched alkanes of at least 4 members (excludes halogenated alkanes) is 4. The summed E-state index contributed by atoms with van der Waals surface area (Å²) in [6.45, 7) is 7.95. The normalized spacial score (nSPS) is 12.1. The maximum atomic E-state index is 5.36. The van der Waals surface area contributed by atoms with Crippen molar-refractivity contribution in [2.75, 3.05) is 35.5 Å². The number of hydrogen-bond acceptors (Lipinski definition) is 5. The van der Waals surface area contributed by atoms with Crippen molar-refractivity contribution < 1.29 is 22.1 Å². The molecule has 0 aliphatic rings. The quantitative estimate of drug-likeness (QED) is 0.240. The summed E-state index contributed by atoms with van der Waals surface area (Å²) in [6, 6.07) is 1.08. The van der Waals surface area contributed by atoms with E-state index in [1.807, 2.05) is 11.8 Å². The number of hydrogen-bond donors (Lipinski definition) is 0. The first-order chi connectivity index (χ1) is 11.9. The molecule has 0 saturated heterocycles. The molecule has 0 aliphatic carbocycles. The smallest absolute Gasteiger partial charge is 0.398 e. The molecule has 0 aromatic rings. The summed E-state index contributed by atoms with van der Waals surface area (Å²) in [6.07, 6.45) is 10.9. The lowest BCUT2D eigenvalue weighted by molar-refractivity contribution is 0.138. The van der Waals surface area contributed by atoms with Crippen molar-refractivity contribution in [2.45, 2.75) is 58.0 Å². The van der Waals surface area contributed by atoms with Gasteiger partial charge in [-0.05, 0) is 37.6 Å². The molecule has 0 atom stereocenters. The van der Waals surface area contributed by atoms with Crippen molar-refractivity contribution in [3.63, 3.8) is 0 Å². The van der Waals surface area contributed by atoms with Crippen molar-refractivity contribution in [1.29, 1.82) is 0 Å². The van der Waals surface area contributed by atoms with Gasteiger partial charge >= 0.3 is 17.4 Å². The highest BCUT2D eigenvalue weighted by Gasteiger charge is 2.34. The summed E-state index contributed by atoms with van der Waals surface area (Å²) >= 11 is 0. The molecule has 0 aromatic carbocycles. The molecule has 0 saturated carbocycles. The monoisotopic (exact) mass is 392 g/mol. The molecule has 0 amide bonds. The van der Waals surface area contributed by atoms with Crippen LogP contribution in [0.3, 0.4) is 0 Å². The Labute approximate surface area is 158 Å². The Kier molecular flexibility index (Phi) is 18.5. The van der Waals surface area contributed by atoms with Crippen molar-refractivity contribution >= 4 is 17.4 Å². The molecule has 0 heterocycles. The van der Waals surface area contributed by atoms with Gasteiger partial charge < -0.3 is 22.1 Å². The molecule has 25 heavy (non-hydrogen) atoms. The van der Waals surface area contributed by atoms with E-state index in [0.717, 1.165) is 18.9 Å². The molecule has 0 radical (unpaired) electrons. The Hall–Kier alpha value is -0.286. The zero-order chi connectivity index (χ0) is 19.6. The van der Waals surface area contributed by atoms with Gasteiger partial charge in [0.05, 0.1) is 0 Å². The first kappa shape index (κ1) is 26.9. The molecule has 0 spiro atoms. The van der Waals surface area contributed by atoms with E-state index in [1.54, 1.807) is 35.5 Å². The lowest BCUT2D eigenvalue weighted by Gasteiger charge is -2.22. The summed E-state index contributed by atoms with van der Waals surface area (Å²) in [7, 11) is 4.09. The van der Waals surface area contributed by atoms with Crippen molar-refractivity contribution in [3.05, 3.63) is 24.4 Å². The SMILES string of the molecule is C=CCCCC[Si](C)(OC)OC.CCCCC=C[Si](OC)(OC)OC. The van der Waals surface area contributed by atoms with Crippen LogP contribution >= 0.6 is 0 Å². The highest BCUT2D eigenvalue weighted by atomic mass is 28.4. The third-order valence-electron chi connectivity index (χ3n) is 4.05. The van der Waals surface area contributed by atoms with Crippen LogP contribution in [0.25, 0.3) is 0 Å². The van der Waals surface area contributed by atoms with Gasteiger partial charge in [0.15, 0.2) is 0 Å². The number of rotatable bonds is 14. The molecular formula is C18H40O5Si2. The van der Waals surface area contributed by atoms with E-state index in [9.17, 15) is 0 Å². The Bertz CT molecular complexity index is 321. The summed E-state index contributed by atoms with van der Waals surface area (Å²) in [5.41, 5.74) is 1.93. The highest BCUT2D eigenvalue weighted by molar-refractivity contribution is 6.66. The Morgan fingerprint density at radius 2 is 1.36 bits per heavy atom. The van der Waals surface area contributed by atoms with Crippen LogP contribution in [0.5, 0.6) is 0 Å². The summed E-state index contributed by atoms with van der Waals surface area (Å²) in [4.78, 5) is 0. The van der Waals surface area contributed by atoms with Gasteiger partial charge in [-0.25, -0.2) is 0 Å². The lowest BCUT2D eigenvalue weighted by Crippen LogP contribution is -2.40. The molecule has 0 aromatic heterocycles. The van der Waals surface area contributed by atoms with Crippen molar-refractivity contribution in [2.24, 2.45) is 0 Å². The fraction of sp³-hybridized carbons (Fsp3) is 0.778. The Morgan fingerprint density at radius 1 is 0.800 bits per heavy atom. The van der Waals surface area contributed by atoms with E-state index >= 15 is 0 Å². The van der Waals surface area contributed by atoms with Crippen LogP contribution < -0.4 is 0 Å². The van der Waals surface area contributed by atoms with Crippen molar-refractivity contribution in [1.82, 2.24) is 0 Å². The predicted molar refractivity (Wildman–Crippen MR) is 110 cm³/mol. The summed E-state index contributed by atoms with van der Waals surface area (Å²) < 4.78 is 26.4. The van der Waals surface area contributed by atoms with Gasteiger partial charge in [0, 0.05) is 35.5 Å². The summed E-state index contributed by atoms with van der Waals surface area (Å²) in [5.74, 6) is 0. The molecule has 0 bridgehead atoms. The van der Waals surface area contributed by atoms with Crippen molar-refractivity contribution in [3.8, 4) is 0 Å². The van der Waals surface area contributed by atoms with Gasteiger partial charge in [-0.3, -0.25) is 0 Å². The van der Waals surface area contributed by atoms with Crippen LogP contribution in [0, 0.1) is 0 Å². The third kappa shape index (κ3) is 13.6. The minimum absolute atomic E-state index is 1.06. The van der Waals surface area contributed by atoms with Gasteiger partial charge in [0.25, 0.3) is 0 Å². The highest BCUT2D eigenvalue weighted by Crippen LogP contribution is 2.15. The molecule has 7 heteroatoms. The fourth-order valence-electron chi connectivity index (χ4n) is 2.03. The molecule has 5 nitrogen and oxygen atoms in total. The number of allylic oxidation sites excluding steroid dienone is 2. The fourth-order valence-corrected chi connectivity index (χ4v) is 4.86. The molecule has 0 rings (SSSR count). The molecule has 0 unspecified atom stereocenters. The molecule has 0 fully saturated rings. The Balaban J connectivity index is 0. The van der Waals surface area contributed by atoms with Gasteiger partial charge in [-0.2, -0.15) is 0 Å². The van der Waals surface area contributed by atoms with Crippen LogP contribution in [0.4, 0.5) is 0 Å². The van der Waals surface area contributed by atoms with E-state index in [1.165, 1.54) is 25.7 Å². The maximum Gasteiger partial charge on any atom is 0.528 e. The van der Waals surface area contributed by atoms with Crippen LogP contribution in [0.1, 0.15) is 45.4 Å². The van der Waals surface area contributed by atoms with Crippen LogP contribution in [0.2, 0.25) is 12.6 Å². The van der Waals surface area contributed by atoms with Gasteiger partial charge in [0.2, 0.25) is 0 Å². The maximum absolute atomic E-state index is 5.36. The van der Waals surface area contributed by atoms with E-state index in [-0.39, 0.29) is 0 Å². The third-order valence-corrected chi connectivity index (χ3v) is 9.39. The standard InChI is InChI=1S/C9H20O3Si.C9H20O2Si/c1-5-6-7-8-9-13(10-2,11-3)12-4;1-5-6-7-8-9-12(4,10-2)11-3/h8-9H,5-7H2,1-4H3;5H,1,6-9H2,2-4H3. The van der Waals surface area contributed by atoms with E-state index in [0.29, 0.717) is 0 Å². The van der Waals surface area contributed by atoms with E-state index in [2.05, 4.69) is 26.1 Å². The van der Waals surface area contributed by atoms with Crippen LogP contribution in [-0.2, 0) is 22.1 Å². The zero-order valence-electron chi connectivity index (χ0n) is 17.4. The second kappa shape index (κ2) is 17.1. The average molecular weight is 393 g/mol. The minimum atomic E-state index is -2.45. The van der Waals surface area contributed by atoms with E-state index in [4.69, 9.17) is 22.1 Å². The molecule has 0 aliphatic heterocycles. The van der Waals surface area contributed by atoms with Crippen LogP contribution in [-0.4, -0.2) is 52.9 Å². The topological polar surface area (TPSA) is 46.2 Å². The zero-order valence-corrected chi connectivity index (χ0v) is 19.4. The van der Waals surface area contributed by atoms with Gasteiger partial charge in [0.1, 0.15) is 0 Å². The summed E-state index contributed by atoms with van der Waals surface area (Å²) in [5, 5.41) is 0. The van der Waals surface area contributed by atoms with Gasteiger partial charge in [-0.1, -0.05) is 38.3 Å². The van der Waals surface area contributed by atoms with E-state index < -0.39 is 17.4 Å². The second-order valence-electron chi connectivity index (χ2n) is 5.84. The predicted octanol–water partition coefficient (Wildman–Crippen LogP) is 4.86. The second-order valence-corrected chi connectivity index (χ2v) is 12.2. The molecule has 0 N–H and O–H groups in total. The first-order valence-electron chi connectivity index (χ1n) is 8.97. The van der Waals surface area contributed by atoms with Crippen LogP contribution in [0.15, 0.2) is 24.4 Å². The lowest BCUT2D eigenvalue weighted by atomic mass is 10.2.